The minimum absolute atomic E-state index is 0.116. The number of amides is 2. The number of hydrogen-bond donors (Lipinski definition) is 2. The second kappa shape index (κ2) is 5.33. The number of carbonyl (C=O) groups is 2. The van der Waals surface area contributed by atoms with Crippen molar-refractivity contribution in [3.63, 3.8) is 0 Å². The van der Waals surface area contributed by atoms with Crippen LogP contribution in [0.1, 0.15) is 26.5 Å². The summed E-state index contributed by atoms with van der Waals surface area (Å²) in [7, 11) is 0. The molecule has 6 nitrogen and oxygen atoms in total. The van der Waals surface area contributed by atoms with Gasteiger partial charge in [0.05, 0.1) is 5.39 Å². The van der Waals surface area contributed by atoms with E-state index in [1.54, 1.807) is 30.3 Å². The van der Waals surface area contributed by atoms with Crippen molar-refractivity contribution in [3.05, 3.63) is 59.5 Å². The number of furan rings is 1. The average molecular weight is 295 g/mol. The van der Waals surface area contributed by atoms with Crippen molar-refractivity contribution in [1.29, 1.82) is 0 Å². The molecule has 6 heteroatoms. The number of rotatable bonds is 3. The first-order chi connectivity index (χ1) is 10.6. The maximum Gasteiger partial charge on any atom is 0.286 e. The Hall–Kier alpha value is -3.15. The number of hydrogen-bond acceptors (Lipinski definition) is 4. The zero-order chi connectivity index (χ0) is 15.7. The molecule has 0 radical (unpaired) electrons. The Kier molecular flexibility index (Phi) is 3.34. The number of primary amides is 1. The molecule has 3 N–H and O–H groups in total. The van der Waals surface area contributed by atoms with Crippen molar-refractivity contribution in [2.75, 3.05) is 5.32 Å². The number of nitrogens with zero attached hydrogens (tertiary/aromatic N) is 1. The molecule has 110 valence electrons. The molecule has 0 saturated carbocycles. The molecule has 0 fully saturated rings. The number of pyridine rings is 1. The average Bonchev–Trinajstić information content (AvgIpc) is 2.86. The van der Waals surface area contributed by atoms with Crippen LogP contribution in [-0.2, 0) is 0 Å². The van der Waals surface area contributed by atoms with Gasteiger partial charge in [-0.2, -0.15) is 0 Å². The third-order valence-corrected chi connectivity index (χ3v) is 3.21. The highest BCUT2D eigenvalue weighted by Crippen LogP contribution is 2.29. The van der Waals surface area contributed by atoms with Crippen LogP contribution in [0.4, 0.5) is 5.69 Å². The van der Waals surface area contributed by atoms with Crippen molar-refractivity contribution in [1.82, 2.24) is 4.98 Å². The lowest BCUT2D eigenvalue weighted by Gasteiger charge is -2.05. The van der Waals surface area contributed by atoms with E-state index in [2.05, 4.69) is 10.3 Å². The standard InChI is InChI=1S/C16H13N3O3/c1-9-4-2-5-10(8-9)15(21)19-12-11-6-3-7-18-16(11)22-13(12)14(17)20/h2-8H,1H3,(H2,17,20)(H,19,21). The Balaban J connectivity index is 2.04. The molecule has 0 aliphatic carbocycles. The van der Waals surface area contributed by atoms with Crippen molar-refractivity contribution in [2.24, 2.45) is 5.73 Å². The Morgan fingerprint density at radius 1 is 1.23 bits per heavy atom. The Labute approximate surface area is 125 Å². The smallest absolute Gasteiger partial charge is 0.286 e. The number of anilines is 1. The normalized spacial score (nSPS) is 10.6. The van der Waals surface area contributed by atoms with E-state index < -0.39 is 5.91 Å². The van der Waals surface area contributed by atoms with Crippen LogP contribution >= 0.6 is 0 Å². The lowest BCUT2D eigenvalue weighted by molar-refractivity contribution is 0.0977. The van der Waals surface area contributed by atoms with Crippen LogP contribution in [0.2, 0.25) is 0 Å². The largest absolute Gasteiger partial charge is 0.430 e. The van der Waals surface area contributed by atoms with E-state index in [1.165, 1.54) is 6.20 Å². The monoisotopic (exact) mass is 295 g/mol. The van der Waals surface area contributed by atoms with Crippen molar-refractivity contribution in [2.45, 2.75) is 6.92 Å². The zero-order valence-electron chi connectivity index (χ0n) is 11.8. The van der Waals surface area contributed by atoms with Gasteiger partial charge in [-0.1, -0.05) is 17.7 Å². The van der Waals surface area contributed by atoms with Gasteiger partial charge in [0.25, 0.3) is 11.8 Å². The molecule has 0 spiro atoms. The second-order valence-corrected chi connectivity index (χ2v) is 4.85. The van der Waals surface area contributed by atoms with Crippen molar-refractivity contribution < 1.29 is 14.0 Å². The van der Waals surface area contributed by atoms with Crippen molar-refractivity contribution in [3.8, 4) is 0 Å². The number of carbonyl (C=O) groups excluding carboxylic acids is 2. The summed E-state index contributed by atoms with van der Waals surface area (Å²) in [4.78, 5) is 27.9. The van der Waals surface area contributed by atoms with Gasteiger partial charge < -0.3 is 15.5 Å². The summed E-state index contributed by atoms with van der Waals surface area (Å²) in [6.07, 6.45) is 1.53. The van der Waals surface area contributed by atoms with Crippen LogP contribution in [0.25, 0.3) is 11.1 Å². The van der Waals surface area contributed by atoms with Crippen LogP contribution in [0.5, 0.6) is 0 Å². The number of nitrogens with one attached hydrogen (secondary N) is 1. The van der Waals surface area contributed by atoms with E-state index in [4.69, 9.17) is 10.2 Å². The molecule has 0 saturated heterocycles. The summed E-state index contributed by atoms with van der Waals surface area (Å²) in [5, 5.41) is 3.21. The number of aromatic nitrogens is 1. The molecule has 0 aliphatic rings. The first kappa shape index (κ1) is 13.8. The summed E-state index contributed by atoms with van der Waals surface area (Å²) in [5.41, 5.74) is 7.23. The third-order valence-electron chi connectivity index (χ3n) is 3.21. The molecular weight excluding hydrogens is 282 g/mol. The molecule has 0 unspecified atom stereocenters. The number of aryl methyl sites for hydroxylation is 1. The molecule has 22 heavy (non-hydrogen) atoms. The lowest BCUT2D eigenvalue weighted by atomic mass is 10.1. The summed E-state index contributed by atoms with van der Waals surface area (Å²) in [6.45, 7) is 1.89. The van der Waals surface area contributed by atoms with Gasteiger partial charge in [-0.25, -0.2) is 4.98 Å². The van der Waals surface area contributed by atoms with Gasteiger partial charge in [0.1, 0.15) is 5.69 Å². The summed E-state index contributed by atoms with van der Waals surface area (Å²) in [6, 6.07) is 10.5. The SMILES string of the molecule is Cc1cccc(C(=O)Nc2c(C(N)=O)oc3ncccc23)c1. The fourth-order valence-corrected chi connectivity index (χ4v) is 2.20. The molecule has 3 rings (SSSR count). The van der Waals surface area contributed by atoms with Crippen LogP contribution < -0.4 is 11.1 Å². The molecular formula is C16H13N3O3. The fraction of sp³-hybridized carbons (Fsp3) is 0.0625. The Morgan fingerprint density at radius 2 is 2.05 bits per heavy atom. The Morgan fingerprint density at radius 3 is 2.77 bits per heavy atom. The summed E-state index contributed by atoms with van der Waals surface area (Å²) < 4.78 is 5.32. The maximum atomic E-state index is 12.4. The highest BCUT2D eigenvalue weighted by atomic mass is 16.4. The summed E-state index contributed by atoms with van der Waals surface area (Å²) in [5.74, 6) is -1.23. The zero-order valence-corrected chi connectivity index (χ0v) is 11.8. The fourth-order valence-electron chi connectivity index (χ4n) is 2.20. The van der Waals surface area contributed by atoms with Crippen LogP contribution in [0.3, 0.4) is 0 Å². The van der Waals surface area contributed by atoms with Gasteiger partial charge in [0, 0.05) is 11.8 Å². The number of fused-ring (bicyclic) bond motifs is 1. The van der Waals surface area contributed by atoms with Gasteiger partial charge in [-0.15, -0.1) is 0 Å². The molecule has 2 aromatic heterocycles. The highest BCUT2D eigenvalue weighted by molar-refractivity contribution is 6.13. The predicted molar refractivity (Wildman–Crippen MR) is 81.7 cm³/mol. The van der Waals surface area contributed by atoms with E-state index in [9.17, 15) is 9.59 Å². The molecule has 3 aromatic rings. The van der Waals surface area contributed by atoms with E-state index in [1.807, 2.05) is 13.0 Å². The van der Waals surface area contributed by atoms with Gasteiger partial charge >= 0.3 is 0 Å². The second-order valence-electron chi connectivity index (χ2n) is 4.85. The molecule has 1 aromatic carbocycles. The van der Waals surface area contributed by atoms with Gasteiger partial charge in [0.2, 0.25) is 11.5 Å². The van der Waals surface area contributed by atoms with E-state index >= 15 is 0 Å². The van der Waals surface area contributed by atoms with Crippen LogP contribution in [0, 0.1) is 6.92 Å². The van der Waals surface area contributed by atoms with Crippen LogP contribution in [-0.4, -0.2) is 16.8 Å². The van der Waals surface area contributed by atoms with Crippen molar-refractivity contribution >= 4 is 28.6 Å². The lowest BCUT2D eigenvalue weighted by Crippen LogP contribution is -2.17. The topological polar surface area (TPSA) is 98.2 Å². The minimum atomic E-state index is -0.766. The first-order valence-corrected chi connectivity index (χ1v) is 6.61. The highest BCUT2D eigenvalue weighted by Gasteiger charge is 2.21. The van der Waals surface area contributed by atoms with E-state index in [-0.39, 0.29) is 23.1 Å². The first-order valence-electron chi connectivity index (χ1n) is 6.61. The van der Waals surface area contributed by atoms with Gasteiger partial charge in [-0.05, 0) is 31.2 Å². The predicted octanol–water partition coefficient (Wildman–Crippen LogP) is 2.49. The maximum absolute atomic E-state index is 12.4. The van der Waals surface area contributed by atoms with Gasteiger partial charge in [0.15, 0.2) is 0 Å². The van der Waals surface area contributed by atoms with Gasteiger partial charge in [-0.3, -0.25) is 9.59 Å². The van der Waals surface area contributed by atoms with Crippen LogP contribution in [0.15, 0.2) is 47.0 Å². The number of nitrogens with two attached hydrogens (primary N) is 1. The quantitative estimate of drug-likeness (QED) is 0.775. The third kappa shape index (κ3) is 2.42. The number of benzene rings is 1. The molecule has 2 amide bonds. The summed E-state index contributed by atoms with van der Waals surface area (Å²) >= 11 is 0. The van der Waals surface area contributed by atoms with E-state index in [0.29, 0.717) is 10.9 Å². The molecule has 0 aliphatic heterocycles. The van der Waals surface area contributed by atoms with E-state index in [0.717, 1.165) is 5.56 Å². The Bertz CT molecular complexity index is 883. The molecule has 0 bridgehead atoms. The molecule has 2 heterocycles. The minimum Gasteiger partial charge on any atom is -0.430 e. The molecule has 0 atom stereocenters.